The first-order chi connectivity index (χ1) is 7.66. The molecule has 0 aliphatic carbocycles. The second kappa shape index (κ2) is 5.74. The summed E-state index contributed by atoms with van der Waals surface area (Å²) in [6, 6.07) is 2.27. The molecule has 94 valence electrons. The molecule has 0 spiro atoms. The molecule has 0 bridgehead atoms. The van der Waals surface area contributed by atoms with Gasteiger partial charge < -0.3 is 10.2 Å². The van der Waals surface area contributed by atoms with Crippen LogP contribution in [0.5, 0.6) is 0 Å². The first kappa shape index (κ1) is 12.7. The smallest absolute Gasteiger partial charge is 0.0186 e. The second-order valence-electron chi connectivity index (χ2n) is 5.54. The Bertz CT molecular complexity index is 222. The maximum Gasteiger partial charge on any atom is 0.0186 e. The van der Waals surface area contributed by atoms with E-state index in [9.17, 15) is 0 Å². The van der Waals surface area contributed by atoms with E-state index in [1.54, 1.807) is 0 Å². The predicted molar refractivity (Wildman–Crippen MR) is 73.2 cm³/mol. The van der Waals surface area contributed by atoms with Crippen LogP contribution in [0.4, 0.5) is 0 Å². The van der Waals surface area contributed by atoms with Crippen LogP contribution in [0.15, 0.2) is 0 Å². The van der Waals surface area contributed by atoms with Crippen molar-refractivity contribution in [2.24, 2.45) is 0 Å². The number of hydrogen-bond donors (Lipinski definition) is 1. The molecule has 1 N–H and O–H groups in total. The average molecular weight is 242 g/mol. The summed E-state index contributed by atoms with van der Waals surface area (Å²) in [6.07, 6.45) is 5.43. The molecule has 4 unspecified atom stereocenters. The van der Waals surface area contributed by atoms with Gasteiger partial charge in [0.2, 0.25) is 0 Å². The highest BCUT2D eigenvalue weighted by molar-refractivity contribution is 7.99. The van der Waals surface area contributed by atoms with E-state index in [0.717, 1.165) is 23.4 Å². The van der Waals surface area contributed by atoms with Crippen molar-refractivity contribution in [3.63, 3.8) is 0 Å². The molecule has 0 amide bonds. The molecule has 4 atom stereocenters. The van der Waals surface area contributed by atoms with Crippen LogP contribution in [0, 0.1) is 0 Å². The van der Waals surface area contributed by atoms with Crippen LogP contribution in [0.3, 0.4) is 0 Å². The number of nitrogens with one attached hydrogen (secondary N) is 1. The molecule has 2 aliphatic rings. The molecule has 0 aromatic carbocycles. The largest absolute Gasteiger partial charge is 0.310 e. The Morgan fingerprint density at radius 1 is 1.25 bits per heavy atom. The Kier molecular flexibility index (Phi) is 4.57. The van der Waals surface area contributed by atoms with Crippen molar-refractivity contribution in [2.75, 3.05) is 19.3 Å². The third-order valence-electron chi connectivity index (χ3n) is 4.26. The highest BCUT2D eigenvalue weighted by Gasteiger charge is 2.28. The molecule has 2 heterocycles. The van der Waals surface area contributed by atoms with Gasteiger partial charge in [-0.05, 0) is 52.0 Å². The van der Waals surface area contributed by atoms with Gasteiger partial charge >= 0.3 is 0 Å². The van der Waals surface area contributed by atoms with Crippen LogP contribution in [-0.4, -0.2) is 47.6 Å². The number of piperidine rings is 1. The highest BCUT2D eigenvalue weighted by atomic mass is 32.2. The Balaban J connectivity index is 1.80. The van der Waals surface area contributed by atoms with Crippen LogP contribution >= 0.6 is 11.8 Å². The summed E-state index contributed by atoms with van der Waals surface area (Å²) >= 11 is 2.14. The van der Waals surface area contributed by atoms with E-state index < -0.39 is 0 Å². The Morgan fingerprint density at radius 3 is 2.75 bits per heavy atom. The van der Waals surface area contributed by atoms with Gasteiger partial charge in [0.15, 0.2) is 0 Å². The summed E-state index contributed by atoms with van der Waals surface area (Å²) in [7, 11) is 2.25. The van der Waals surface area contributed by atoms with Gasteiger partial charge in [0.25, 0.3) is 0 Å². The molecule has 16 heavy (non-hydrogen) atoms. The summed E-state index contributed by atoms with van der Waals surface area (Å²) < 4.78 is 0. The monoisotopic (exact) mass is 242 g/mol. The fourth-order valence-corrected chi connectivity index (χ4v) is 4.04. The van der Waals surface area contributed by atoms with Crippen molar-refractivity contribution in [1.82, 2.24) is 10.2 Å². The van der Waals surface area contributed by atoms with Crippen LogP contribution in [-0.2, 0) is 0 Å². The highest BCUT2D eigenvalue weighted by Crippen LogP contribution is 2.26. The fraction of sp³-hybridized carbons (Fsp3) is 1.00. The molecule has 3 heteroatoms. The molecule has 2 aliphatic heterocycles. The summed E-state index contributed by atoms with van der Waals surface area (Å²) in [5, 5.41) is 4.72. The topological polar surface area (TPSA) is 15.3 Å². The van der Waals surface area contributed by atoms with Crippen molar-refractivity contribution >= 4 is 11.8 Å². The average Bonchev–Trinajstić information content (AvgIpc) is 2.27. The summed E-state index contributed by atoms with van der Waals surface area (Å²) in [5.41, 5.74) is 0. The molecule has 0 saturated carbocycles. The molecular weight excluding hydrogens is 216 g/mol. The van der Waals surface area contributed by atoms with Crippen LogP contribution in [0.1, 0.15) is 39.5 Å². The van der Waals surface area contributed by atoms with E-state index in [-0.39, 0.29) is 0 Å². The minimum atomic E-state index is 0.748. The van der Waals surface area contributed by atoms with E-state index in [1.807, 2.05) is 0 Å². The zero-order valence-corrected chi connectivity index (χ0v) is 11.7. The first-order valence-corrected chi connectivity index (χ1v) is 7.79. The maximum absolute atomic E-state index is 3.91. The van der Waals surface area contributed by atoms with E-state index >= 15 is 0 Å². The maximum atomic E-state index is 3.91. The number of likely N-dealkylation sites (tertiary alicyclic amines) is 1. The normalized spacial score (nSPS) is 42.2. The number of rotatable bonds is 2. The lowest BCUT2D eigenvalue weighted by atomic mass is 9.96. The van der Waals surface area contributed by atoms with Gasteiger partial charge in [0, 0.05) is 23.4 Å². The zero-order valence-electron chi connectivity index (χ0n) is 10.9. The lowest BCUT2D eigenvalue weighted by Gasteiger charge is -2.39. The Labute approximate surface area is 105 Å². The van der Waals surface area contributed by atoms with Crippen molar-refractivity contribution in [2.45, 2.75) is 62.9 Å². The first-order valence-electron chi connectivity index (χ1n) is 6.74. The molecule has 2 rings (SSSR count). The van der Waals surface area contributed by atoms with Gasteiger partial charge in [-0.15, -0.1) is 0 Å². The molecule has 0 radical (unpaired) electrons. The van der Waals surface area contributed by atoms with Crippen molar-refractivity contribution in [3.8, 4) is 0 Å². The summed E-state index contributed by atoms with van der Waals surface area (Å²) in [6.45, 7) is 6.00. The van der Waals surface area contributed by atoms with Crippen molar-refractivity contribution < 1.29 is 0 Å². The molecule has 0 aromatic rings. The van der Waals surface area contributed by atoms with E-state index in [0.29, 0.717) is 0 Å². The minimum absolute atomic E-state index is 0.748. The predicted octanol–water partition coefficient (Wildman–Crippen LogP) is 2.34. The van der Waals surface area contributed by atoms with Gasteiger partial charge in [-0.25, -0.2) is 0 Å². The SMILES string of the molecule is CC1SCCCC1NC1CCN(C)C(C)C1. The molecule has 2 nitrogen and oxygen atoms in total. The molecule has 2 saturated heterocycles. The van der Waals surface area contributed by atoms with Crippen LogP contribution in [0.25, 0.3) is 0 Å². The Morgan fingerprint density at radius 2 is 2.06 bits per heavy atom. The molecular formula is C13H26N2S. The number of nitrogens with zero attached hydrogens (tertiary/aromatic N) is 1. The van der Waals surface area contributed by atoms with Gasteiger partial charge in [0.1, 0.15) is 0 Å². The van der Waals surface area contributed by atoms with E-state index in [4.69, 9.17) is 0 Å². The number of thioether (sulfide) groups is 1. The third-order valence-corrected chi connectivity index (χ3v) is 5.64. The lowest BCUT2D eigenvalue weighted by Crippen LogP contribution is -2.51. The van der Waals surface area contributed by atoms with Crippen molar-refractivity contribution in [3.05, 3.63) is 0 Å². The van der Waals surface area contributed by atoms with E-state index in [2.05, 4.69) is 42.9 Å². The lowest BCUT2D eigenvalue weighted by molar-refractivity contribution is 0.160. The molecule has 2 fully saturated rings. The van der Waals surface area contributed by atoms with Gasteiger partial charge in [0.05, 0.1) is 0 Å². The van der Waals surface area contributed by atoms with Gasteiger partial charge in [-0.1, -0.05) is 6.92 Å². The van der Waals surface area contributed by atoms with Crippen molar-refractivity contribution in [1.29, 1.82) is 0 Å². The van der Waals surface area contributed by atoms with Gasteiger partial charge in [-0.2, -0.15) is 11.8 Å². The summed E-state index contributed by atoms with van der Waals surface area (Å²) in [5.74, 6) is 1.36. The molecule has 0 aromatic heterocycles. The van der Waals surface area contributed by atoms with Crippen LogP contribution in [0.2, 0.25) is 0 Å². The Hall–Kier alpha value is 0.270. The third kappa shape index (κ3) is 3.14. The quantitative estimate of drug-likeness (QED) is 0.800. The fourth-order valence-electron chi connectivity index (χ4n) is 2.89. The minimum Gasteiger partial charge on any atom is -0.310 e. The zero-order chi connectivity index (χ0) is 11.5. The van der Waals surface area contributed by atoms with E-state index in [1.165, 1.54) is 38.0 Å². The van der Waals surface area contributed by atoms with Gasteiger partial charge in [-0.3, -0.25) is 0 Å². The second-order valence-corrected chi connectivity index (χ2v) is 7.03. The van der Waals surface area contributed by atoms with Crippen LogP contribution < -0.4 is 5.32 Å². The standard InChI is InChI=1S/C13H26N2S/c1-10-9-12(6-7-15(10)3)14-13-5-4-8-16-11(13)2/h10-14H,4-9H2,1-3H3. The number of hydrogen-bond acceptors (Lipinski definition) is 3. The summed E-state index contributed by atoms with van der Waals surface area (Å²) in [4.78, 5) is 2.48.